The van der Waals surface area contributed by atoms with Crippen LogP contribution in [-0.2, 0) is 10.0 Å². The lowest BCUT2D eigenvalue weighted by molar-refractivity contribution is 0.414. The van der Waals surface area contributed by atoms with Crippen molar-refractivity contribution >= 4 is 26.6 Å². The highest BCUT2D eigenvalue weighted by Gasteiger charge is 2.20. The van der Waals surface area contributed by atoms with Gasteiger partial charge in [-0.1, -0.05) is 0 Å². The molecule has 1 aliphatic heterocycles. The molecule has 1 N–H and O–H groups in total. The van der Waals surface area contributed by atoms with Crippen molar-refractivity contribution in [2.75, 3.05) is 38.2 Å². The molecule has 1 saturated heterocycles. The highest BCUT2D eigenvalue weighted by Crippen LogP contribution is 2.27. The van der Waals surface area contributed by atoms with Crippen LogP contribution < -0.4 is 15.0 Å². The first-order chi connectivity index (χ1) is 12.6. The fourth-order valence-electron chi connectivity index (χ4n) is 3.29. The van der Waals surface area contributed by atoms with Crippen LogP contribution in [0.25, 0.3) is 10.9 Å². The van der Waals surface area contributed by atoms with Crippen LogP contribution in [0.1, 0.15) is 0 Å². The Kier molecular flexibility index (Phi) is 4.34. The summed E-state index contributed by atoms with van der Waals surface area (Å²) in [5.74, 6) is 0.627. The predicted octanol–water partition coefficient (Wildman–Crippen LogP) is 2.30. The van der Waals surface area contributed by atoms with Crippen LogP contribution in [0, 0.1) is 0 Å². The van der Waals surface area contributed by atoms with Crippen molar-refractivity contribution in [1.82, 2.24) is 9.29 Å². The molecular formula is C19H21N3O3S. The quantitative estimate of drug-likeness (QED) is 0.762. The van der Waals surface area contributed by atoms with Gasteiger partial charge in [-0.2, -0.15) is 0 Å². The number of methoxy groups -OCH3 is 1. The second kappa shape index (κ2) is 6.66. The van der Waals surface area contributed by atoms with Gasteiger partial charge in [0.05, 0.1) is 17.5 Å². The zero-order chi connectivity index (χ0) is 18.1. The molecular weight excluding hydrogens is 350 g/mol. The summed E-state index contributed by atoms with van der Waals surface area (Å²) in [5.41, 5.74) is 1.80. The Morgan fingerprint density at radius 2 is 1.73 bits per heavy atom. The zero-order valence-corrected chi connectivity index (χ0v) is 15.4. The number of nitrogens with zero attached hydrogens (tertiary/aromatic N) is 2. The predicted molar refractivity (Wildman–Crippen MR) is 103 cm³/mol. The Bertz CT molecular complexity index is 1020. The summed E-state index contributed by atoms with van der Waals surface area (Å²) in [6.45, 7) is 3.84. The third-order valence-electron chi connectivity index (χ3n) is 4.74. The lowest BCUT2D eigenvalue weighted by Gasteiger charge is -2.29. The summed E-state index contributed by atoms with van der Waals surface area (Å²) in [5, 5.41) is 4.25. The van der Waals surface area contributed by atoms with Gasteiger partial charge in [-0.05, 0) is 48.5 Å². The maximum Gasteiger partial charge on any atom is 0.268 e. The van der Waals surface area contributed by atoms with Crippen molar-refractivity contribution in [2.24, 2.45) is 0 Å². The van der Waals surface area contributed by atoms with E-state index in [1.54, 1.807) is 37.6 Å². The number of anilines is 1. The van der Waals surface area contributed by atoms with Gasteiger partial charge in [0.2, 0.25) is 0 Å². The molecule has 1 aliphatic rings. The van der Waals surface area contributed by atoms with Crippen molar-refractivity contribution in [3.05, 3.63) is 54.7 Å². The molecule has 0 aliphatic carbocycles. The molecule has 0 atom stereocenters. The Balaban J connectivity index is 1.72. The van der Waals surface area contributed by atoms with Crippen molar-refractivity contribution in [3.63, 3.8) is 0 Å². The second-order valence-corrected chi connectivity index (χ2v) is 8.09. The molecule has 2 aromatic carbocycles. The molecule has 0 amide bonds. The number of fused-ring (bicyclic) bond motifs is 1. The third-order valence-corrected chi connectivity index (χ3v) is 6.44. The Labute approximate surface area is 153 Å². The van der Waals surface area contributed by atoms with Crippen molar-refractivity contribution in [2.45, 2.75) is 4.90 Å². The van der Waals surface area contributed by atoms with Crippen LogP contribution in [0.5, 0.6) is 5.75 Å². The van der Waals surface area contributed by atoms with Crippen molar-refractivity contribution in [1.29, 1.82) is 0 Å². The zero-order valence-electron chi connectivity index (χ0n) is 14.6. The average Bonchev–Trinajstić information content (AvgIpc) is 3.13. The Hall–Kier alpha value is -2.51. The van der Waals surface area contributed by atoms with Gasteiger partial charge in [0.1, 0.15) is 5.75 Å². The minimum atomic E-state index is -3.65. The summed E-state index contributed by atoms with van der Waals surface area (Å²) in [4.78, 5) is 2.55. The first-order valence-corrected chi connectivity index (χ1v) is 10.00. The van der Waals surface area contributed by atoms with Crippen LogP contribution in [-0.4, -0.2) is 45.7 Å². The van der Waals surface area contributed by atoms with Gasteiger partial charge in [0.15, 0.2) is 0 Å². The molecule has 0 radical (unpaired) electrons. The van der Waals surface area contributed by atoms with Crippen LogP contribution in [0.4, 0.5) is 5.69 Å². The average molecular weight is 371 g/mol. The van der Waals surface area contributed by atoms with Gasteiger partial charge in [-0.3, -0.25) is 0 Å². The molecule has 26 heavy (non-hydrogen) atoms. The molecule has 1 aromatic heterocycles. The maximum absolute atomic E-state index is 13.0. The molecule has 0 bridgehead atoms. The Morgan fingerprint density at radius 1 is 1.00 bits per heavy atom. The van der Waals surface area contributed by atoms with Gasteiger partial charge in [-0.15, -0.1) is 0 Å². The second-order valence-electron chi connectivity index (χ2n) is 6.27. The summed E-state index contributed by atoms with van der Waals surface area (Å²) >= 11 is 0. The topological polar surface area (TPSA) is 63.6 Å². The standard InChI is InChI=1S/C19H21N3O3S/c1-25-17-3-5-18(6-4-17)26(23,24)22-11-8-15-14-16(2-7-19(15)22)21-12-9-20-10-13-21/h2-8,11,14,20H,9-10,12-13H2,1H3. The molecule has 3 aromatic rings. The van der Waals surface area contributed by atoms with Crippen LogP contribution in [0.2, 0.25) is 0 Å². The lowest BCUT2D eigenvalue weighted by atomic mass is 10.2. The van der Waals surface area contributed by atoms with Crippen LogP contribution >= 0.6 is 0 Å². The number of aromatic nitrogens is 1. The monoisotopic (exact) mass is 371 g/mol. The molecule has 1 fully saturated rings. The fourth-order valence-corrected chi connectivity index (χ4v) is 4.65. The molecule has 4 rings (SSSR count). The lowest BCUT2D eigenvalue weighted by Crippen LogP contribution is -2.43. The van der Waals surface area contributed by atoms with Gasteiger partial charge < -0.3 is 15.0 Å². The number of hydrogen-bond donors (Lipinski definition) is 1. The van der Waals surface area contributed by atoms with Crippen molar-refractivity contribution < 1.29 is 13.2 Å². The first kappa shape index (κ1) is 16.9. The van der Waals surface area contributed by atoms with E-state index >= 15 is 0 Å². The number of benzene rings is 2. The van der Waals surface area contributed by atoms with E-state index in [1.807, 2.05) is 18.2 Å². The fraction of sp³-hybridized carbons (Fsp3) is 0.263. The molecule has 7 heteroatoms. The van der Waals surface area contributed by atoms with E-state index in [1.165, 1.54) is 3.97 Å². The highest BCUT2D eigenvalue weighted by molar-refractivity contribution is 7.90. The summed E-state index contributed by atoms with van der Waals surface area (Å²) in [7, 11) is -2.09. The molecule has 136 valence electrons. The number of nitrogens with one attached hydrogen (secondary N) is 1. The molecule has 0 saturated carbocycles. The normalized spacial score (nSPS) is 15.3. The minimum absolute atomic E-state index is 0.238. The van der Waals surface area contributed by atoms with E-state index in [-0.39, 0.29) is 4.90 Å². The van der Waals surface area contributed by atoms with Crippen LogP contribution in [0.3, 0.4) is 0 Å². The van der Waals surface area contributed by atoms with E-state index in [0.29, 0.717) is 11.3 Å². The van der Waals surface area contributed by atoms with Crippen molar-refractivity contribution in [3.8, 4) is 5.75 Å². The number of hydrogen-bond acceptors (Lipinski definition) is 5. The summed E-state index contributed by atoms with van der Waals surface area (Å²) in [6, 6.07) is 14.2. The minimum Gasteiger partial charge on any atom is -0.497 e. The van der Waals surface area contributed by atoms with E-state index in [0.717, 1.165) is 37.3 Å². The van der Waals surface area contributed by atoms with E-state index in [2.05, 4.69) is 16.3 Å². The highest BCUT2D eigenvalue weighted by atomic mass is 32.2. The van der Waals surface area contributed by atoms with E-state index < -0.39 is 10.0 Å². The van der Waals surface area contributed by atoms with Gasteiger partial charge in [0.25, 0.3) is 10.0 Å². The largest absolute Gasteiger partial charge is 0.497 e. The molecule has 0 spiro atoms. The van der Waals surface area contributed by atoms with Gasteiger partial charge >= 0.3 is 0 Å². The summed E-state index contributed by atoms with van der Waals surface area (Å²) in [6.07, 6.45) is 1.62. The molecule has 6 nitrogen and oxygen atoms in total. The van der Waals surface area contributed by atoms with Gasteiger partial charge in [-0.25, -0.2) is 12.4 Å². The number of rotatable bonds is 4. The molecule has 0 unspecified atom stereocenters. The van der Waals surface area contributed by atoms with Gasteiger partial charge in [0, 0.05) is 43.4 Å². The molecule has 2 heterocycles. The SMILES string of the molecule is COc1ccc(S(=O)(=O)n2ccc3cc(N4CCNCC4)ccc32)cc1. The van der Waals surface area contributed by atoms with Crippen LogP contribution in [0.15, 0.2) is 59.6 Å². The maximum atomic E-state index is 13.0. The third kappa shape index (κ3) is 2.93. The first-order valence-electron chi connectivity index (χ1n) is 8.56. The number of piperazine rings is 1. The Morgan fingerprint density at radius 3 is 2.42 bits per heavy atom. The smallest absolute Gasteiger partial charge is 0.268 e. The van der Waals surface area contributed by atoms with E-state index in [9.17, 15) is 8.42 Å². The summed E-state index contributed by atoms with van der Waals surface area (Å²) < 4.78 is 32.4. The van der Waals surface area contributed by atoms with E-state index in [4.69, 9.17) is 4.74 Å². The number of ether oxygens (including phenoxy) is 1.